The Morgan fingerprint density at radius 2 is 2.53 bits per heavy atom. The lowest BCUT2D eigenvalue weighted by molar-refractivity contribution is -0.129. The van der Waals surface area contributed by atoms with Crippen LogP contribution in [0.25, 0.3) is 0 Å². The first kappa shape index (κ1) is 10.1. The highest BCUT2D eigenvalue weighted by Gasteiger charge is 2.28. The predicted molar refractivity (Wildman–Crippen MR) is 57.0 cm³/mol. The van der Waals surface area contributed by atoms with E-state index in [1.165, 1.54) is 11.3 Å². The van der Waals surface area contributed by atoms with Gasteiger partial charge in [-0.3, -0.25) is 4.79 Å². The summed E-state index contributed by atoms with van der Waals surface area (Å²) in [6, 6.07) is 3.57. The lowest BCUT2D eigenvalue weighted by Crippen LogP contribution is -2.33. The summed E-state index contributed by atoms with van der Waals surface area (Å²) in [5, 5.41) is 10.6. The second-order valence-electron chi connectivity index (χ2n) is 3.59. The van der Waals surface area contributed by atoms with Crippen molar-refractivity contribution in [3.8, 4) is 6.07 Å². The number of hydrogen-bond acceptors (Lipinski definition) is 4. The zero-order valence-electron chi connectivity index (χ0n) is 8.14. The molecule has 1 amide bonds. The second-order valence-corrected chi connectivity index (χ2v) is 4.50. The molecule has 1 aliphatic rings. The summed E-state index contributed by atoms with van der Waals surface area (Å²) in [5.74, 6) is 0.0136. The molecule has 0 aromatic carbocycles. The first-order valence-electron chi connectivity index (χ1n) is 4.72. The summed E-state index contributed by atoms with van der Waals surface area (Å²) in [4.78, 5) is 14.0. The normalized spacial score (nSPS) is 20.7. The summed E-state index contributed by atoms with van der Waals surface area (Å²) < 4.78 is 0. The third-order valence-electron chi connectivity index (χ3n) is 2.48. The van der Waals surface area contributed by atoms with Gasteiger partial charge in [-0.05, 0) is 23.4 Å². The molecule has 1 aliphatic heterocycles. The van der Waals surface area contributed by atoms with E-state index in [1.54, 1.807) is 4.90 Å². The molecular weight excluding hydrogens is 210 g/mol. The monoisotopic (exact) mass is 221 g/mol. The molecule has 0 spiro atoms. The van der Waals surface area contributed by atoms with Crippen molar-refractivity contribution in [2.45, 2.75) is 19.0 Å². The van der Waals surface area contributed by atoms with Crippen molar-refractivity contribution in [3.05, 3.63) is 21.9 Å². The third-order valence-corrected chi connectivity index (χ3v) is 3.36. The summed E-state index contributed by atoms with van der Waals surface area (Å²) in [7, 11) is 0. The van der Waals surface area contributed by atoms with E-state index in [0.29, 0.717) is 11.4 Å². The number of rotatable bonds is 2. The fourth-order valence-corrected chi connectivity index (χ4v) is 2.35. The van der Waals surface area contributed by atoms with Gasteiger partial charge in [-0.25, -0.2) is 0 Å². The molecule has 1 aromatic heterocycles. The van der Waals surface area contributed by atoms with Gasteiger partial charge in [-0.15, -0.1) is 11.3 Å². The van der Waals surface area contributed by atoms with E-state index in [9.17, 15) is 4.79 Å². The molecular formula is C10H11N3OS. The molecule has 0 bridgehead atoms. The quantitative estimate of drug-likeness (QED) is 0.798. The zero-order chi connectivity index (χ0) is 10.8. The maximum atomic E-state index is 11.5. The van der Waals surface area contributed by atoms with Gasteiger partial charge in [0.2, 0.25) is 5.91 Å². The smallest absolute Gasteiger partial charge is 0.239 e. The van der Waals surface area contributed by atoms with Gasteiger partial charge >= 0.3 is 0 Å². The Hall–Kier alpha value is -1.38. The van der Waals surface area contributed by atoms with Gasteiger partial charge in [0.25, 0.3) is 0 Å². The van der Waals surface area contributed by atoms with E-state index in [2.05, 4.69) is 6.07 Å². The SMILES string of the molecule is N#Cc1cc(CN2CCC(N)C2=O)cs1. The van der Waals surface area contributed by atoms with Crippen LogP contribution in [-0.2, 0) is 11.3 Å². The zero-order valence-corrected chi connectivity index (χ0v) is 8.96. The van der Waals surface area contributed by atoms with Crippen LogP contribution in [0, 0.1) is 11.3 Å². The van der Waals surface area contributed by atoms with Crippen LogP contribution in [0.4, 0.5) is 0 Å². The summed E-state index contributed by atoms with van der Waals surface area (Å²) >= 11 is 1.40. The third kappa shape index (κ3) is 2.01. The lowest BCUT2D eigenvalue weighted by atomic mass is 10.3. The highest BCUT2D eigenvalue weighted by atomic mass is 32.1. The van der Waals surface area contributed by atoms with Gasteiger partial charge < -0.3 is 10.6 Å². The van der Waals surface area contributed by atoms with Gasteiger partial charge in [0.1, 0.15) is 10.9 Å². The Bertz CT molecular complexity index is 421. The number of nitrogens with zero attached hydrogens (tertiary/aromatic N) is 2. The fourth-order valence-electron chi connectivity index (χ4n) is 1.66. The maximum Gasteiger partial charge on any atom is 0.239 e. The first-order valence-corrected chi connectivity index (χ1v) is 5.60. The molecule has 15 heavy (non-hydrogen) atoms. The van der Waals surface area contributed by atoms with E-state index in [-0.39, 0.29) is 11.9 Å². The minimum atomic E-state index is -0.334. The molecule has 2 N–H and O–H groups in total. The molecule has 2 heterocycles. The first-order chi connectivity index (χ1) is 7.20. The molecule has 0 aliphatic carbocycles. The van der Waals surface area contributed by atoms with E-state index < -0.39 is 0 Å². The number of carbonyl (C=O) groups is 1. The van der Waals surface area contributed by atoms with E-state index in [1.807, 2.05) is 11.4 Å². The predicted octanol–water partition coefficient (Wildman–Crippen LogP) is 0.679. The van der Waals surface area contributed by atoms with Crippen LogP contribution >= 0.6 is 11.3 Å². The Labute approximate surface area is 91.9 Å². The number of nitrogens with two attached hydrogens (primary N) is 1. The molecule has 2 rings (SSSR count). The van der Waals surface area contributed by atoms with Crippen LogP contribution < -0.4 is 5.73 Å². The Morgan fingerprint density at radius 1 is 1.73 bits per heavy atom. The molecule has 5 heteroatoms. The maximum absolute atomic E-state index is 11.5. The van der Waals surface area contributed by atoms with Crippen LogP contribution in [0.2, 0.25) is 0 Å². The van der Waals surface area contributed by atoms with E-state index >= 15 is 0 Å². The van der Waals surface area contributed by atoms with Crippen molar-refractivity contribution < 1.29 is 4.79 Å². The van der Waals surface area contributed by atoms with Crippen LogP contribution in [-0.4, -0.2) is 23.4 Å². The van der Waals surface area contributed by atoms with E-state index in [4.69, 9.17) is 11.0 Å². The highest BCUT2D eigenvalue weighted by Crippen LogP contribution is 2.18. The number of hydrogen-bond donors (Lipinski definition) is 1. The summed E-state index contributed by atoms with van der Waals surface area (Å²) in [6.45, 7) is 1.29. The average molecular weight is 221 g/mol. The Kier molecular flexibility index (Phi) is 2.71. The fraction of sp³-hybridized carbons (Fsp3) is 0.400. The van der Waals surface area contributed by atoms with Crippen LogP contribution in [0.15, 0.2) is 11.4 Å². The molecule has 1 saturated heterocycles. The van der Waals surface area contributed by atoms with Gasteiger partial charge in [0, 0.05) is 13.1 Å². The molecule has 1 atom stereocenters. The molecule has 4 nitrogen and oxygen atoms in total. The molecule has 0 radical (unpaired) electrons. The molecule has 1 aromatic rings. The van der Waals surface area contributed by atoms with Crippen molar-refractivity contribution in [1.82, 2.24) is 4.90 Å². The number of amides is 1. The summed E-state index contributed by atoms with van der Waals surface area (Å²) in [5.41, 5.74) is 6.63. The number of likely N-dealkylation sites (tertiary alicyclic amines) is 1. The van der Waals surface area contributed by atoms with Crippen molar-refractivity contribution in [1.29, 1.82) is 5.26 Å². The van der Waals surface area contributed by atoms with Crippen molar-refractivity contribution >= 4 is 17.2 Å². The van der Waals surface area contributed by atoms with Gasteiger partial charge in [0.15, 0.2) is 0 Å². The molecule has 78 valence electrons. The second kappa shape index (κ2) is 4.01. The van der Waals surface area contributed by atoms with Crippen LogP contribution in [0.1, 0.15) is 16.9 Å². The number of carbonyl (C=O) groups excluding carboxylic acids is 1. The van der Waals surface area contributed by atoms with E-state index in [0.717, 1.165) is 18.5 Å². The van der Waals surface area contributed by atoms with Gasteiger partial charge in [0.05, 0.1) is 6.04 Å². The Balaban J connectivity index is 2.04. The summed E-state index contributed by atoms with van der Waals surface area (Å²) in [6.07, 6.45) is 0.730. The van der Waals surface area contributed by atoms with Crippen LogP contribution in [0.3, 0.4) is 0 Å². The number of thiophene rings is 1. The number of nitriles is 1. The van der Waals surface area contributed by atoms with Gasteiger partial charge in [-0.2, -0.15) is 5.26 Å². The Morgan fingerprint density at radius 3 is 3.07 bits per heavy atom. The largest absolute Gasteiger partial charge is 0.337 e. The topological polar surface area (TPSA) is 70.1 Å². The molecule has 1 fully saturated rings. The minimum absolute atomic E-state index is 0.0136. The minimum Gasteiger partial charge on any atom is -0.337 e. The van der Waals surface area contributed by atoms with Crippen molar-refractivity contribution in [3.63, 3.8) is 0 Å². The van der Waals surface area contributed by atoms with Gasteiger partial charge in [-0.1, -0.05) is 0 Å². The lowest BCUT2D eigenvalue weighted by Gasteiger charge is -2.14. The highest BCUT2D eigenvalue weighted by molar-refractivity contribution is 7.10. The average Bonchev–Trinajstić information content (AvgIpc) is 2.80. The van der Waals surface area contributed by atoms with Crippen LogP contribution in [0.5, 0.6) is 0 Å². The standard InChI is InChI=1S/C10H11N3OS/c11-4-8-3-7(6-15-8)5-13-2-1-9(12)10(13)14/h3,6,9H,1-2,5,12H2. The van der Waals surface area contributed by atoms with Crippen molar-refractivity contribution in [2.75, 3.05) is 6.54 Å². The van der Waals surface area contributed by atoms with Crippen molar-refractivity contribution in [2.24, 2.45) is 5.73 Å². The molecule has 1 unspecified atom stereocenters. The molecule has 0 saturated carbocycles.